The van der Waals surface area contributed by atoms with Crippen LogP contribution in [0.25, 0.3) is 0 Å². The van der Waals surface area contributed by atoms with Gasteiger partial charge in [0.05, 0.1) is 16.9 Å². The molecule has 0 bridgehead atoms. The summed E-state index contributed by atoms with van der Waals surface area (Å²) in [7, 11) is 1.62. The van der Waals surface area contributed by atoms with E-state index in [1.807, 2.05) is 0 Å². The van der Waals surface area contributed by atoms with Gasteiger partial charge in [0.2, 0.25) is 0 Å². The molecule has 6 nitrogen and oxygen atoms in total. The molecule has 0 atom stereocenters. The summed E-state index contributed by atoms with van der Waals surface area (Å²) in [5.74, 6) is -0.417. The van der Waals surface area contributed by atoms with Gasteiger partial charge in [0.15, 0.2) is 0 Å². The molecule has 1 aromatic heterocycles. The van der Waals surface area contributed by atoms with Gasteiger partial charge in [-0.25, -0.2) is 5.43 Å². The van der Waals surface area contributed by atoms with Gasteiger partial charge in [0.1, 0.15) is 11.4 Å². The molecule has 0 unspecified atom stereocenters. The van der Waals surface area contributed by atoms with E-state index in [1.165, 1.54) is 17.0 Å². The summed E-state index contributed by atoms with van der Waals surface area (Å²) < 4.78 is 2.18. The van der Waals surface area contributed by atoms with E-state index in [2.05, 4.69) is 31.6 Å². The van der Waals surface area contributed by atoms with Crippen LogP contribution in [0.3, 0.4) is 0 Å². The second-order valence-corrected chi connectivity index (χ2v) is 5.57. The number of hydrogen-bond donors (Lipinski definition) is 2. The zero-order valence-corrected chi connectivity index (χ0v) is 13.6. The number of hydrazone groups is 1. The van der Waals surface area contributed by atoms with Crippen molar-refractivity contribution in [2.45, 2.75) is 6.92 Å². The highest BCUT2D eigenvalue weighted by molar-refractivity contribution is 9.10. The highest BCUT2D eigenvalue weighted by Gasteiger charge is 2.18. The van der Waals surface area contributed by atoms with Crippen LogP contribution < -0.4 is 5.43 Å². The summed E-state index contributed by atoms with van der Waals surface area (Å²) in [6.45, 7) is 1.71. The molecule has 110 valence electrons. The number of aromatic nitrogens is 2. The standard InChI is InChI=1S/C13H12BrClN4O2/c1-7-11(15)12(19(2)18-7)13(21)17-16-6-8-5-9(14)3-4-10(8)20/h3-6,20H,1-2H3,(H,17,21). The van der Waals surface area contributed by atoms with Crippen molar-refractivity contribution in [2.24, 2.45) is 12.1 Å². The van der Waals surface area contributed by atoms with Crippen LogP contribution in [-0.2, 0) is 7.05 Å². The highest BCUT2D eigenvalue weighted by atomic mass is 79.9. The Hall–Kier alpha value is -1.86. The Morgan fingerprint density at radius 3 is 2.90 bits per heavy atom. The van der Waals surface area contributed by atoms with Gasteiger partial charge in [0, 0.05) is 17.1 Å². The summed E-state index contributed by atoms with van der Waals surface area (Å²) >= 11 is 9.30. The smallest absolute Gasteiger partial charge is 0.291 e. The first-order valence-electron chi connectivity index (χ1n) is 5.91. The van der Waals surface area contributed by atoms with E-state index < -0.39 is 5.91 Å². The zero-order valence-electron chi connectivity index (χ0n) is 11.3. The number of rotatable bonds is 3. The average molecular weight is 372 g/mol. The lowest BCUT2D eigenvalue weighted by Crippen LogP contribution is -2.21. The topological polar surface area (TPSA) is 79.5 Å². The third-order valence-corrected chi connectivity index (χ3v) is 3.67. The number of aryl methyl sites for hydroxylation is 2. The van der Waals surface area contributed by atoms with Crippen LogP contribution in [0.1, 0.15) is 21.7 Å². The van der Waals surface area contributed by atoms with E-state index in [0.717, 1.165) is 4.47 Å². The van der Waals surface area contributed by atoms with Crippen molar-refractivity contribution >= 4 is 39.7 Å². The van der Waals surface area contributed by atoms with Gasteiger partial charge in [-0.05, 0) is 25.1 Å². The minimum absolute atomic E-state index is 0.0607. The molecule has 1 aromatic carbocycles. The summed E-state index contributed by atoms with van der Waals surface area (Å²) in [4.78, 5) is 12.0. The molecule has 0 fully saturated rings. The minimum Gasteiger partial charge on any atom is -0.507 e. The molecule has 0 radical (unpaired) electrons. The Kier molecular flexibility index (Phi) is 4.64. The van der Waals surface area contributed by atoms with Crippen molar-refractivity contribution in [1.29, 1.82) is 0 Å². The summed E-state index contributed by atoms with van der Waals surface area (Å²) in [5.41, 5.74) is 3.61. The third-order valence-electron chi connectivity index (χ3n) is 2.72. The van der Waals surface area contributed by atoms with Crippen molar-refractivity contribution < 1.29 is 9.90 Å². The molecule has 0 spiro atoms. The number of benzene rings is 1. The molecule has 1 heterocycles. The van der Waals surface area contributed by atoms with Crippen LogP contribution in [0, 0.1) is 6.92 Å². The maximum Gasteiger partial charge on any atom is 0.291 e. The van der Waals surface area contributed by atoms with Crippen LogP contribution in [-0.4, -0.2) is 27.0 Å². The van der Waals surface area contributed by atoms with E-state index in [9.17, 15) is 9.90 Å². The molecule has 0 saturated heterocycles. The van der Waals surface area contributed by atoms with Crippen molar-refractivity contribution in [3.8, 4) is 5.75 Å². The molecule has 2 rings (SSSR count). The second-order valence-electron chi connectivity index (χ2n) is 4.27. The predicted molar refractivity (Wildman–Crippen MR) is 83.8 cm³/mol. The summed E-state index contributed by atoms with van der Waals surface area (Å²) in [5, 5.41) is 17.8. The van der Waals surface area contributed by atoms with Gasteiger partial charge in [-0.15, -0.1) is 0 Å². The van der Waals surface area contributed by atoms with Crippen LogP contribution in [0.15, 0.2) is 27.8 Å². The van der Waals surface area contributed by atoms with E-state index in [0.29, 0.717) is 11.3 Å². The molecule has 2 N–H and O–H groups in total. The molecule has 0 aliphatic rings. The second kappa shape index (κ2) is 6.28. The SMILES string of the molecule is Cc1nn(C)c(C(=O)NN=Cc2cc(Br)ccc2O)c1Cl. The van der Waals surface area contributed by atoms with Crippen molar-refractivity contribution in [2.75, 3.05) is 0 Å². The first-order valence-corrected chi connectivity index (χ1v) is 7.08. The molecule has 8 heteroatoms. The van der Waals surface area contributed by atoms with Crippen LogP contribution >= 0.6 is 27.5 Å². The molecule has 1 amide bonds. The molecule has 0 aliphatic carbocycles. The number of carbonyl (C=O) groups excluding carboxylic acids is 1. The lowest BCUT2D eigenvalue weighted by atomic mass is 10.2. The van der Waals surface area contributed by atoms with Gasteiger partial charge < -0.3 is 5.11 Å². The minimum atomic E-state index is -0.478. The Bertz CT molecular complexity index is 727. The van der Waals surface area contributed by atoms with Crippen molar-refractivity contribution in [3.63, 3.8) is 0 Å². The van der Waals surface area contributed by atoms with Crippen LogP contribution in [0.4, 0.5) is 0 Å². The number of phenols is 1. The van der Waals surface area contributed by atoms with Crippen LogP contribution in [0.5, 0.6) is 5.75 Å². The van der Waals surface area contributed by atoms with Gasteiger partial charge in [-0.2, -0.15) is 10.2 Å². The first kappa shape index (κ1) is 15.5. The molecule has 21 heavy (non-hydrogen) atoms. The van der Waals surface area contributed by atoms with E-state index in [4.69, 9.17) is 11.6 Å². The van der Waals surface area contributed by atoms with E-state index >= 15 is 0 Å². The van der Waals surface area contributed by atoms with Gasteiger partial charge in [0.25, 0.3) is 5.91 Å². The lowest BCUT2D eigenvalue weighted by Gasteiger charge is -2.02. The maximum atomic E-state index is 12.0. The number of phenolic OH excluding ortho intramolecular Hbond substituents is 1. The lowest BCUT2D eigenvalue weighted by molar-refractivity contribution is 0.0946. The predicted octanol–water partition coefficient (Wildman–Crippen LogP) is 2.61. The fourth-order valence-corrected chi connectivity index (χ4v) is 2.35. The van der Waals surface area contributed by atoms with Crippen molar-refractivity contribution in [1.82, 2.24) is 15.2 Å². The maximum absolute atomic E-state index is 12.0. The molecule has 2 aromatic rings. The monoisotopic (exact) mass is 370 g/mol. The highest BCUT2D eigenvalue weighted by Crippen LogP contribution is 2.20. The number of aromatic hydroxyl groups is 1. The molecular weight excluding hydrogens is 360 g/mol. The average Bonchev–Trinajstić information content (AvgIpc) is 2.67. The van der Waals surface area contributed by atoms with Crippen molar-refractivity contribution in [3.05, 3.63) is 44.6 Å². The third kappa shape index (κ3) is 3.43. The number of halogens is 2. The number of nitrogens with one attached hydrogen (secondary N) is 1. The Labute approximate surface area is 134 Å². The first-order chi connectivity index (χ1) is 9.90. The number of nitrogens with zero attached hydrogens (tertiary/aromatic N) is 3. The van der Waals surface area contributed by atoms with Gasteiger partial charge >= 0.3 is 0 Å². The largest absolute Gasteiger partial charge is 0.507 e. The Balaban J connectivity index is 2.14. The quantitative estimate of drug-likeness (QED) is 0.643. The Morgan fingerprint density at radius 1 is 1.57 bits per heavy atom. The number of amides is 1. The summed E-state index contributed by atoms with van der Waals surface area (Å²) in [6.07, 6.45) is 1.34. The zero-order chi connectivity index (χ0) is 15.6. The number of hydrogen-bond acceptors (Lipinski definition) is 4. The summed E-state index contributed by atoms with van der Waals surface area (Å²) in [6, 6.07) is 4.89. The van der Waals surface area contributed by atoms with Gasteiger partial charge in [-0.3, -0.25) is 9.48 Å². The van der Waals surface area contributed by atoms with E-state index in [-0.39, 0.29) is 16.5 Å². The van der Waals surface area contributed by atoms with Crippen LogP contribution in [0.2, 0.25) is 5.02 Å². The van der Waals surface area contributed by atoms with E-state index in [1.54, 1.807) is 26.1 Å². The molecule has 0 aliphatic heterocycles. The number of carbonyl (C=O) groups is 1. The normalized spacial score (nSPS) is 11.0. The fraction of sp³-hybridized carbons (Fsp3) is 0.154. The molecule has 0 saturated carbocycles. The fourth-order valence-electron chi connectivity index (χ4n) is 1.72. The Morgan fingerprint density at radius 2 is 2.29 bits per heavy atom. The van der Waals surface area contributed by atoms with Gasteiger partial charge in [-0.1, -0.05) is 27.5 Å². The molecular formula is C13H12BrClN4O2.